The van der Waals surface area contributed by atoms with E-state index in [1.165, 1.54) is 12.1 Å². The van der Waals surface area contributed by atoms with Gasteiger partial charge in [0.2, 0.25) is 5.60 Å². The van der Waals surface area contributed by atoms with Gasteiger partial charge in [0, 0.05) is 6.54 Å². The molecule has 5 heteroatoms. The van der Waals surface area contributed by atoms with Crippen LogP contribution in [-0.4, -0.2) is 18.1 Å². The van der Waals surface area contributed by atoms with E-state index in [1.54, 1.807) is 31.2 Å². The van der Waals surface area contributed by atoms with E-state index >= 15 is 0 Å². The number of halogens is 1. The summed E-state index contributed by atoms with van der Waals surface area (Å²) in [6, 6.07) is 13.2. The molecule has 0 spiro atoms. The first-order valence-corrected chi connectivity index (χ1v) is 7.00. The van der Waals surface area contributed by atoms with Gasteiger partial charge in [-0.05, 0) is 36.8 Å². The van der Waals surface area contributed by atoms with Crippen molar-refractivity contribution in [1.29, 1.82) is 0 Å². The number of carbonyl (C=O) groups is 1. The number of fused-ring (bicyclic) bond motifs is 1. The Bertz CT molecular complexity index is 687. The Kier molecular flexibility index (Phi) is 3.71. The van der Waals surface area contributed by atoms with Crippen LogP contribution in [-0.2, 0) is 11.3 Å². The first-order valence-electron chi connectivity index (χ1n) is 7.00. The summed E-state index contributed by atoms with van der Waals surface area (Å²) in [5.41, 5.74) is -0.274. The molecule has 114 valence electrons. The molecule has 3 rings (SSSR count). The van der Waals surface area contributed by atoms with Crippen molar-refractivity contribution in [2.45, 2.75) is 19.1 Å². The zero-order valence-electron chi connectivity index (χ0n) is 12.1. The van der Waals surface area contributed by atoms with E-state index in [-0.39, 0.29) is 18.3 Å². The van der Waals surface area contributed by atoms with Gasteiger partial charge in [-0.3, -0.25) is 4.79 Å². The lowest BCUT2D eigenvalue weighted by Crippen LogP contribution is -2.54. The molecule has 22 heavy (non-hydrogen) atoms. The molecule has 0 fully saturated rings. The monoisotopic (exact) mass is 301 g/mol. The van der Waals surface area contributed by atoms with E-state index < -0.39 is 5.60 Å². The summed E-state index contributed by atoms with van der Waals surface area (Å²) >= 11 is 0. The van der Waals surface area contributed by atoms with Crippen molar-refractivity contribution in [1.82, 2.24) is 5.32 Å². The van der Waals surface area contributed by atoms with Crippen LogP contribution in [0.25, 0.3) is 0 Å². The Morgan fingerprint density at radius 2 is 1.86 bits per heavy atom. The minimum Gasteiger partial charge on any atom is -0.485 e. The van der Waals surface area contributed by atoms with Gasteiger partial charge in [-0.2, -0.15) is 0 Å². The number of ether oxygens (including phenoxy) is 2. The normalized spacial score (nSPS) is 19.5. The number of rotatable bonds is 3. The van der Waals surface area contributed by atoms with Crippen molar-refractivity contribution in [2.75, 3.05) is 6.61 Å². The Labute approximate surface area is 127 Å². The highest BCUT2D eigenvalue weighted by atomic mass is 19.1. The summed E-state index contributed by atoms with van der Waals surface area (Å²) < 4.78 is 24.2. The van der Waals surface area contributed by atoms with Crippen molar-refractivity contribution < 1.29 is 18.7 Å². The van der Waals surface area contributed by atoms with Crippen molar-refractivity contribution in [3.63, 3.8) is 0 Å². The molecule has 1 N–H and O–H groups in total. The van der Waals surface area contributed by atoms with Gasteiger partial charge in [0.25, 0.3) is 5.91 Å². The summed E-state index contributed by atoms with van der Waals surface area (Å²) in [6.07, 6.45) is 0. The lowest BCUT2D eigenvalue weighted by molar-refractivity contribution is -0.140. The van der Waals surface area contributed by atoms with Crippen molar-refractivity contribution in [3.8, 4) is 11.5 Å². The van der Waals surface area contributed by atoms with E-state index in [0.29, 0.717) is 18.0 Å². The maximum atomic E-state index is 12.9. The molecular formula is C17H16FNO3. The Morgan fingerprint density at radius 1 is 1.18 bits per heavy atom. The third kappa shape index (κ3) is 2.88. The van der Waals surface area contributed by atoms with Crippen LogP contribution in [0.4, 0.5) is 4.39 Å². The van der Waals surface area contributed by atoms with Gasteiger partial charge in [-0.1, -0.05) is 24.3 Å². The smallest absolute Gasteiger partial charge is 0.267 e. The number of carbonyl (C=O) groups excluding carboxylic acids is 1. The van der Waals surface area contributed by atoms with Crippen LogP contribution in [0.5, 0.6) is 11.5 Å². The SMILES string of the molecule is CC1(C(=O)NCc2ccc(F)cc2)COc2ccccc2O1. The molecule has 1 atom stereocenters. The van der Waals surface area contributed by atoms with Gasteiger partial charge in [0.15, 0.2) is 11.5 Å². The summed E-state index contributed by atoms with van der Waals surface area (Å²) in [4.78, 5) is 12.4. The molecule has 1 unspecified atom stereocenters. The summed E-state index contributed by atoms with van der Waals surface area (Å²) in [6.45, 7) is 2.13. The zero-order valence-corrected chi connectivity index (χ0v) is 12.1. The lowest BCUT2D eigenvalue weighted by atomic mass is 10.1. The molecule has 1 heterocycles. The molecule has 0 saturated carbocycles. The topological polar surface area (TPSA) is 47.6 Å². The highest BCUT2D eigenvalue weighted by Gasteiger charge is 2.40. The number of hydrogen-bond acceptors (Lipinski definition) is 3. The van der Waals surface area contributed by atoms with E-state index in [2.05, 4.69) is 5.32 Å². The molecular weight excluding hydrogens is 285 g/mol. The molecule has 2 aromatic carbocycles. The molecule has 1 aliphatic rings. The maximum Gasteiger partial charge on any atom is 0.267 e. The van der Waals surface area contributed by atoms with Gasteiger partial charge in [-0.15, -0.1) is 0 Å². The Balaban J connectivity index is 1.66. The number of para-hydroxylation sites is 2. The standard InChI is InChI=1S/C17H16FNO3/c1-17(11-21-14-4-2-3-5-15(14)22-17)16(20)19-10-12-6-8-13(18)9-7-12/h2-9H,10-11H2,1H3,(H,19,20). The van der Waals surface area contributed by atoms with Crippen molar-refractivity contribution in [2.24, 2.45) is 0 Å². The molecule has 1 aliphatic heterocycles. The summed E-state index contributed by atoms with van der Waals surface area (Å²) in [5, 5.41) is 2.79. The second kappa shape index (κ2) is 5.67. The van der Waals surface area contributed by atoms with Gasteiger partial charge in [0.05, 0.1) is 0 Å². The third-order valence-corrected chi connectivity index (χ3v) is 3.53. The van der Waals surface area contributed by atoms with Crippen LogP contribution in [0.3, 0.4) is 0 Å². The average Bonchev–Trinajstić information content (AvgIpc) is 2.54. The fourth-order valence-electron chi connectivity index (χ4n) is 2.22. The van der Waals surface area contributed by atoms with Crippen LogP contribution in [0.2, 0.25) is 0 Å². The van der Waals surface area contributed by atoms with Crippen LogP contribution < -0.4 is 14.8 Å². The number of nitrogens with one attached hydrogen (secondary N) is 1. The Morgan fingerprint density at radius 3 is 2.59 bits per heavy atom. The average molecular weight is 301 g/mol. The van der Waals surface area contributed by atoms with Crippen LogP contribution in [0, 0.1) is 5.82 Å². The number of amides is 1. The number of benzene rings is 2. The fourth-order valence-corrected chi connectivity index (χ4v) is 2.22. The summed E-state index contributed by atoms with van der Waals surface area (Å²) in [7, 11) is 0. The second-order valence-corrected chi connectivity index (χ2v) is 5.38. The Hall–Kier alpha value is -2.56. The van der Waals surface area contributed by atoms with Crippen LogP contribution >= 0.6 is 0 Å². The highest BCUT2D eigenvalue weighted by molar-refractivity contribution is 5.85. The molecule has 0 radical (unpaired) electrons. The molecule has 2 aromatic rings. The molecule has 4 nitrogen and oxygen atoms in total. The lowest BCUT2D eigenvalue weighted by Gasteiger charge is -2.34. The predicted octanol–water partition coefficient (Wildman–Crippen LogP) is 2.67. The predicted molar refractivity (Wildman–Crippen MR) is 79.2 cm³/mol. The maximum absolute atomic E-state index is 12.9. The first-order chi connectivity index (χ1) is 10.6. The van der Waals surface area contributed by atoms with Crippen molar-refractivity contribution in [3.05, 3.63) is 59.9 Å². The number of hydrogen-bond donors (Lipinski definition) is 1. The van der Waals surface area contributed by atoms with Gasteiger partial charge < -0.3 is 14.8 Å². The molecule has 1 amide bonds. The molecule has 0 aromatic heterocycles. The second-order valence-electron chi connectivity index (χ2n) is 5.38. The molecule has 0 saturated heterocycles. The quantitative estimate of drug-likeness (QED) is 0.948. The zero-order chi connectivity index (χ0) is 15.6. The highest BCUT2D eigenvalue weighted by Crippen LogP contribution is 2.34. The van der Waals surface area contributed by atoms with E-state index in [4.69, 9.17) is 9.47 Å². The van der Waals surface area contributed by atoms with E-state index in [1.807, 2.05) is 12.1 Å². The third-order valence-electron chi connectivity index (χ3n) is 3.53. The van der Waals surface area contributed by atoms with Crippen LogP contribution in [0.1, 0.15) is 12.5 Å². The summed E-state index contributed by atoms with van der Waals surface area (Å²) in [5.74, 6) is 0.605. The van der Waals surface area contributed by atoms with Gasteiger partial charge >= 0.3 is 0 Å². The largest absolute Gasteiger partial charge is 0.485 e. The van der Waals surface area contributed by atoms with E-state index in [0.717, 1.165) is 5.56 Å². The fraction of sp³-hybridized carbons (Fsp3) is 0.235. The molecule has 0 aliphatic carbocycles. The van der Waals surface area contributed by atoms with Gasteiger partial charge in [-0.25, -0.2) is 4.39 Å². The van der Waals surface area contributed by atoms with E-state index in [9.17, 15) is 9.18 Å². The minimum atomic E-state index is -1.09. The first kappa shape index (κ1) is 14.4. The van der Waals surface area contributed by atoms with Crippen LogP contribution in [0.15, 0.2) is 48.5 Å². The minimum absolute atomic E-state index is 0.138. The van der Waals surface area contributed by atoms with Crippen molar-refractivity contribution >= 4 is 5.91 Å². The molecule has 0 bridgehead atoms. The van der Waals surface area contributed by atoms with Gasteiger partial charge in [0.1, 0.15) is 12.4 Å².